The Balaban J connectivity index is 2.60. The van der Waals surface area contributed by atoms with Crippen LogP contribution in [0, 0.1) is 5.41 Å². The van der Waals surface area contributed by atoms with Gasteiger partial charge in [0.2, 0.25) is 5.95 Å². The minimum atomic E-state index is 0.0536. The van der Waals surface area contributed by atoms with E-state index in [1.54, 1.807) is 6.20 Å². The first-order valence-electron chi connectivity index (χ1n) is 5.80. The maximum Gasteiger partial charge on any atom is 0.226 e. The van der Waals surface area contributed by atoms with E-state index in [2.05, 4.69) is 29.1 Å². The SMILES string of the molecule is CN(C)c1nccc(NCC(C)(C)CCO)n1. The fraction of sp³-hybridized carbons (Fsp3) is 0.667. The van der Waals surface area contributed by atoms with E-state index in [0.29, 0.717) is 5.95 Å². The molecule has 0 saturated carbocycles. The molecule has 1 heterocycles. The van der Waals surface area contributed by atoms with Gasteiger partial charge in [0, 0.05) is 33.4 Å². The first kappa shape index (κ1) is 13.7. The van der Waals surface area contributed by atoms with Crippen molar-refractivity contribution < 1.29 is 5.11 Å². The van der Waals surface area contributed by atoms with E-state index in [9.17, 15) is 0 Å². The zero-order valence-corrected chi connectivity index (χ0v) is 11.1. The Hall–Kier alpha value is -1.36. The summed E-state index contributed by atoms with van der Waals surface area (Å²) < 4.78 is 0. The highest BCUT2D eigenvalue weighted by Crippen LogP contribution is 2.20. The number of aliphatic hydroxyl groups excluding tert-OH is 1. The molecule has 0 unspecified atom stereocenters. The number of rotatable bonds is 6. The van der Waals surface area contributed by atoms with Crippen LogP contribution in [0.25, 0.3) is 0 Å². The quantitative estimate of drug-likeness (QED) is 0.783. The van der Waals surface area contributed by atoms with Gasteiger partial charge in [0.1, 0.15) is 5.82 Å². The van der Waals surface area contributed by atoms with Crippen molar-refractivity contribution in [2.75, 3.05) is 37.5 Å². The monoisotopic (exact) mass is 238 g/mol. The fourth-order valence-corrected chi connectivity index (χ4v) is 1.38. The second kappa shape index (κ2) is 5.82. The molecule has 0 radical (unpaired) electrons. The Morgan fingerprint density at radius 2 is 2.12 bits per heavy atom. The molecule has 0 amide bonds. The normalized spacial score (nSPS) is 11.4. The molecule has 1 aromatic rings. The van der Waals surface area contributed by atoms with E-state index < -0.39 is 0 Å². The molecule has 0 aliphatic rings. The van der Waals surface area contributed by atoms with Crippen molar-refractivity contribution in [3.8, 4) is 0 Å². The lowest BCUT2D eigenvalue weighted by Crippen LogP contribution is -2.25. The fourth-order valence-electron chi connectivity index (χ4n) is 1.38. The minimum absolute atomic E-state index is 0.0536. The number of hydrogen-bond acceptors (Lipinski definition) is 5. The van der Waals surface area contributed by atoms with Crippen molar-refractivity contribution >= 4 is 11.8 Å². The number of aliphatic hydroxyl groups is 1. The average Bonchev–Trinajstić information content (AvgIpc) is 2.27. The maximum absolute atomic E-state index is 8.96. The molecule has 96 valence electrons. The summed E-state index contributed by atoms with van der Waals surface area (Å²) in [6, 6.07) is 1.85. The number of hydrogen-bond donors (Lipinski definition) is 2. The third kappa shape index (κ3) is 4.56. The van der Waals surface area contributed by atoms with Gasteiger partial charge in [-0.1, -0.05) is 13.8 Å². The van der Waals surface area contributed by atoms with E-state index in [1.807, 2.05) is 25.1 Å². The third-order valence-corrected chi connectivity index (χ3v) is 2.58. The van der Waals surface area contributed by atoms with Gasteiger partial charge < -0.3 is 15.3 Å². The van der Waals surface area contributed by atoms with E-state index in [4.69, 9.17) is 5.11 Å². The van der Waals surface area contributed by atoms with Crippen molar-refractivity contribution in [3.63, 3.8) is 0 Å². The van der Waals surface area contributed by atoms with E-state index in [0.717, 1.165) is 18.8 Å². The highest BCUT2D eigenvalue weighted by molar-refractivity contribution is 5.40. The number of nitrogens with zero attached hydrogens (tertiary/aromatic N) is 3. The smallest absolute Gasteiger partial charge is 0.226 e. The molecule has 1 rings (SSSR count). The van der Waals surface area contributed by atoms with Crippen LogP contribution < -0.4 is 10.2 Å². The number of anilines is 2. The van der Waals surface area contributed by atoms with Crippen LogP contribution in [-0.4, -0.2) is 42.3 Å². The number of nitrogens with one attached hydrogen (secondary N) is 1. The summed E-state index contributed by atoms with van der Waals surface area (Å²) in [5.41, 5.74) is 0.0536. The zero-order valence-electron chi connectivity index (χ0n) is 11.1. The van der Waals surface area contributed by atoms with Crippen LogP contribution in [0.1, 0.15) is 20.3 Å². The van der Waals surface area contributed by atoms with Crippen LogP contribution >= 0.6 is 0 Å². The third-order valence-electron chi connectivity index (χ3n) is 2.58. The Bertz CT molecular complexity index is 352. The Kier molecular flexibility index (Phi) is 4.69. The van der Waals surface area contributed by atoms with Crippen molar-refractivity contribution in [2.24, 2.45) is 5.41 Å². The molecule has 2 N–H and O–H groups in total. The molecule has 0 aliphatic carbocycles. The van der Waals surface area contributed by atoms with E-state index in [-0.39, 0.29) is 12.0 Å². The van der Waals surface area contributed by atoms with Crippen LogP contribution in [0.5, 0.6) is 0 Å². The van der Waals surface area contributed by atoms with Crippen LogP contribution in [0.3, 0.4) is 0 Å². The van der Waals surface area contributed by atoms with Gasteiger partial charge in [-0.3, -0.25) is 0 Å². The summed E-state index contributed by atoms with van der Waals surface area (Å²) in [4.78, 5) is 10.4. The Morgan fingerprint density at radius 3 is 2.71 bits per heavy atom. The molecule has 0 saturated heterocycles. The lowest BCUT2D eigenvalue weighted by molar-refractivity contribution is 0.220. The molecule has 17 heavy (non-hydrogen) atoms. The van der Waals surface area contributed by atoms with Crippen molar-refractivity contribution in [1.82, 2.24) is 9.97 Å². The topological polar surface area (TPSA) is 61.3 Å². The summed E-state index contributed by atoms with van der Waals surface area (Å²) in [6.07, 6.45) is 2.51. The summed E-state index contributed by atoms with van der Waals surface area (Å²) in [7, 11) is 3.82. The van der Waals surface area contributed by atoms with Gasteiger partial charge in [0.05, 0.1) is 0 Å². The van der Waals surface area contributed by atoms with Gasteiger partial charge >= 0.3 is 0 Å². The molecule has 5 heteroatoms. The Labute approximate surface area is 103 Å². The summed E-state index contributed by atoms with van der Waals surface area (Å²) in [6.45, 7) is 5.22. The molecule has 0 atom stereocenters. The molecule has 1 aromatic heterocycles. The van der Waals surface area contributed by atoms with Crippen LogP contribution in [-0.2, 0) is 0 Å². The van der Waals surface area contributed by atoms with Crippen LogP contribution in [0.2, 0.25) is 0 Å². The predicted molar refractivity (Wildman–Crippen MR) is 70.3 cm³/mol. The lowest BCUT2D eigenvalue weighted by Gasteiger charge is -2.24. The van der Waals surface area contributed by atoms with Gasteiger partial charge in [0.15, 0.2) is 0 Å². The maximum atomic E-state index is 8.96. The summed E-state index contributed by atoms with van der Waals surface area (Å²) in [5.74, 6) is 1.50. The standard InChI is InChI=1S/C12H22N4O/c1-12(2,6-8-17)9-14-10-5-7-13-11(15-10)16(3)4/h5,7,17H,6,8-9H2,1-4H3,(H,13,14,15). The van der Waals surface area contributed by atoms with Gasteiger partial charge in [-0.15, -0.1) is 0 Å². The molecular weight excluding hydrogens is 216 g/mol. The van der Waals surface area contributed by atoms with Gasteiger partial charge in [-0.05, 0) is 17.9 Å². The Morgan fingerprint density at radius 1 is 1.41 bits per heavy atom. The van der Waals surface area contributed by atoms with Gasteiger partial charge in [-0.25, -0.2) is 4.98 Å². The van der Waals surface area contributed by atoms with Gasteiger partial charge in [0.25, 0.3) is 0 Å². The second-order valence-electron chi connectivity index (χ2n) is 5.13. The van der Waals surface area contributed by atoms with E-state index >= 15 is 0 Å². The van der Waals surface area contributed by atoms with Crippen molar-refractivity contribution in [3.05, 3.63) is 12.3 Å². The van der Waals surface area contributed by atoms with Crippen LogP contribution in [0.4, 0.5) is 11.8 Å². The molecule has 0 aromatic carbocycles. The van der Waals surface area contributed by atoms with Crippen molar-refractivity contribution in [2.45, 2.75) is 20.3 Å². The lowest BCUT2D eigenvalue weighted by atomic mass is 9.90. The highest BCUT2D eigenvalue weighted by Gasteiger charge is 2.16. The summed E-state index contributed by atoms with van der Waals surface area (Å²) in [5, 5.41) is 12.2. The molecule has 0 spiro atoms. The van der Waals surface area contributed by atoms with Crippen LogP contribution in [0.15, 0.2) is 12.3 Å². The molecule has 5 nitrogen and oxygen atoms in total. The second-order valence-corrected chi connectivity index (χ2v) is 5.13. The largest absolute Gasteiger partial charge is 0.396 e. The first-order chi connectivity index (χ1) is 7.94. The molecule has 0 aliphatic heterocycles. The first-order valence-corrected chi connectivity index (χ1v) is 5.80. The van der Waals surface area contributed by atoms with Crippen molar-refractivity contribution in [1.29, 1.82) is 0 Å². The molecule has 0 bridgehead atoms. The van der Waals surface area contributed by atoms with Gasteiger partial charge in [-0.2, -0.15) is 4.98 Å². The summed E-state index contributed by atoms with van der Waals surface area (Å²) >= 11 is 0. The molecular formula is C12H22N4O. The average molecular weight is 238 g/mol. The zero-order chi connectivity index (χ0) is 12.9. The minimum Gasteiger partial charge on any atom is -0.396 e. The number of aromatic nitrogens is 2. The highest BCUT2D eigenvalue weighted by atomic mass is 16.3. The predicted octanol–water partition coefficient (Wildman–Crippen LogP) is 1.36. The van der Waals surface area contributed by atoms with E-state index in [1.165, 1.54) is 0 Å². The molecule has 0 fully saturated rings.